The number of esters is 1. The lowest BCUT2D eigenvalue weighted by atomic mass is 9.90. The number of rotatable bonds is 3. The number of hydrogen-bond donors (Lipinski definition) is 0. The zero-order chi connectivity index (χ0) is 13.9. The number of ether oxygens (including phenoxy) is 1. The SMILES string of the molecule is COC(=O)C(Cl)(c1ccccc1)c1ccc(C)cc1. The smallest absolute Gasteiger partial charge is 0.336 e. The lowest BCUT2D eigenvalue weighted by Gasteiger charge is -2.25. The van der Waals surface area contributed by atoms with Gasteiger partial charge in [0.25, 0.3) is 0 Å². The quantitative estimate of drug-likeness (QED) is 0.631. The number of methoxy groups -OCH3 is 1. The van der Waals surface area contributed by atoms with Gasteiger partial charge in [0.15, 0.2) is 4.87 Å². The van der Waals surface area contributed by atoms with E-state index in [-0.39, 0.29) is 0 Å². The lowest BCUT2D eigenvalue weighted by Crippen LogP contribution is -2.32. The van der Waals surface area contributed by atoms with Crippen LogP contribution in [0.1, 0.15) is 16.7 Å². The Hall–Kier alpha value is -1.80. The first-order valence-electron chi connectivity index (χ1n) is 5.99. The molecule has 3 heteroatoms. The van der Waals surface area contributed by atoms with E-state index in [2.05, 4.69) is 0 Å². The van der Waals surface area contributed by atoms with Gasteiger partial charge in [-0.25, -0.2) is 4.79 Å². The van der Waals surface area contributed by atoms with Crippen LogP contribution in [0, 0.1) is 6.92 Å². The Morgan fingerprint density at radius 3 is 2.05 bits per heavy atom. The van der Waals surface area contributed by atoms with Crippen molar-refractivity contribution in [3.05, 3.63) is 71.3 Å². The van der Waals surface area contributed by atoms with Crippen LogP contribution < -0.4 is 0 Å². The van der Waals surface area contributed by atoms with Gasteiger partial charge in [-0.15, -0.1) is 0 Å². The highest BCUT2D eigenvalue weighted by Crippen LogP contribution is 2.37. The molecule has 0 aromatic heterocycles. The highest BCUT2D eigenvalue weighted by atomic mass is 35.5. The molecule has 98 valence electrons. The van der Waals surface area contributed by atoms with E-state index in [1.54, 1.807) is 0 Å². The number of alkyl halides is 1. The Kier molecular flexibility index (Phi) is 3.91. The fourth-order valence-corrected chi connectivity index (χ4v) is 2.32. The summed E-state index contributed by atoms with van der Waals surface area (Å²) in [6.45, 7) is 1.99. The number of carbonyl (C=O) groups is 1. The molecule has 0 saturated heterocycles. The van der Waals surface area contributed by atoms with E-state index in [1.807, 2.05) is 61.5 Å². The molecule has 0 fully saturated rings. The van der Waals surface area contributed by atoms with Gasteiger partial charge in [-0.3, -0.25) is 0 Å². The molecule has 0 aliphatic carbocycles. The highest BCUT2D eigenvalue weighted by Gasteiger charge is 2.41. The molecular weight excluding hydrogens is 260 g/mol. The van der Waals surface area contributed by atoms with E-state index in [1.165, 1.54) is 7.11 Å². The van der Waals surface area contributed by atoms with E-state index < -0.39 is 10.8 Å². The first-order chi connectivity index (χ1) is 9.09. The van der Waals surface area contributed by atoms with Crippen molar-refractivity contribution in [1.29, 1.82) is 0 Å². The summed E-state index contributed by atoms with van der Waals surface area (Å²) in [5.74, 6) is -0.482. The van der Waals surface area contributed by atoms with Crippen LogP contribution in [0.15, 0.2) is 54.6 Å². The third kappa shape index (κ3) is 2.49. The first kappa shape index (κ1) is 13.6. The molecule has 2 nitrogen and oxygen atoms in total. The molecule has 1 unspecified atom stereocenters. The molecule has 0 aliphatic heterocycles. The number of aryl methyl sites for hydroxylation is 1. The lowest BCUT2D eigenvalue weighted by molar-refractivity contribution is -0.142. The average molecular weight is 275 g/mol. The first-order valence-corrected chi connectivity index (χ1v) is 6.37. The summed E-state index contributed by atoms with van der Waals surface area (Å²) >= 11 is 6.62. The van der Waals surface area contributed by atoms with Crippen LogP contribution in [-0.4, -0.2) is 13.1 Å². The Labute approximate surface area is 118 Å². The summed E-state index contributed by atoms with van der Waals surface area (Å²) < 4.78 is 4.88. The molecule has 0 radical (unpaired) electrons. The largest absolute Gasteiger partial charge is 0.467 e. The van der Waals surface area contributed by atoms with Crippen molar-refractivity contribution in [2.45, 2.75) is 11.8 Å². The molecule has 0 heterocycles. The van der Waals surface area contributed by atoms with Gasteiger partial charge in [0.05, 0.1) is 7.11 Å². The molecule has 2 rings (SSSR count). The summed E-state index contributed by atoms with van der Waals surface area (Å²) in [4.78, 5) is 10.9. The summed E-state index contributed by atoms with van der Waals surface area (Å²) in [7, 11) is 1.34. The Bertz CT molecular complexity index is 563. The Balaban J connectivity index is 2.58. The molecule has 0 N–H and O–H groups in total. The Morgan fingerprint density at radius 2 is 1.53 bits per heavy atom. The van der Waals surface area contributed by atoms with Crippen LogP contribution >= 0.6 is 11.6 Å². The van der Waals surface area contributed by atoms with E-state index in [0.29, 0.717) is 11.1 Å². The fourth-order valence-electron chi connectivity index (χ4n) is 1.99. The van der Waals surface area contributed by atoms with Gasteiger partial charge in [0, 0.05) is 0 Å². The van der Waals surface area contributed by atoms with Crippen LogP contribution in [0.2, 0.25) is 0 Å². The molecule has 2 aromatic rings. The maximum absolute atomic E-state index is 12.2. The van der Waals surface area contributed by atoms with Gasteiger partial charge < -0.3 is 4.74 Å². The van der Waals surface area contributed by atoms with Gasteiger partial charge in [-0.2, -0.15) is 0 Å². The number of carbonyl (C=O) groups excluding carboxylic acids is 1. The highest BCUT2D eigenvalue weighted by molar-refractivity contribution is 6.36. The van der Waals surface area contributed by atoms with E-state index in [0.717, 1.165) is 5.56 Å². The number of hydrogen-bond acceptors (Lipinski definition) is 2. The summed E-state index contributed by atoms with van der Waals surface area (Å²) in [5, 5.41) is 0. The van der Waals surface area contributed by atoms with Crippen molar-refractivity contribution in [2.75, 3.05) is 7.11 Å². The normalized spacial score (nSPS) is 13.6. The summed E-state index contributed by atoms with van der Waals surface area (Å²) in [5.41, 5.74) is 2.52. The van der Waals surface area contributed by atoms with Gasteiger partial charge >= 0.3 is 5.97 Å². The van der Waals surface area contributed by atoms with Gasteiger partial charge in [0.2, 0.25) is 0 Å². The van der Waals surface area contributed by atoms with Crippen LogP contribution in [-0.2, 0) is 14.4 Å². The van der Waals surface area contributed by atoms with Crippen molar-refractivity contribution in [1.82, 2.24) is 0 Å². The van der Waals surface area contributed by atoms with Crippen molar-refractivity contribution in [2.24, 2.45) is 0 Å². The minimum atomic E-state index is -1.30. The van der Waals surface area contributed by atoms with Crippen molar-refractivity contribution >= 4 is 17.6 Å². The standard InChI is InChI=1S/C16H15ClO2/c1-12-8-10-14(11-9-12)16(17,15(18)19-2)13-6-4-3-5-7-13/h3-11H,1-2H3. The molecule has 19 heavy (non-hydrogen) atoms. The molecule has 0 aliphatic rings. The van der Waals surface area contributed by atoms with Crippen molar-refractivity contribution in [3.63, 3.8) is 0 Å². The van der Waals surface area contributed by atoms with Gasteiger partial charge in [-0.05, 0) is 18.1 Å². The van der Waals surface area contributed by atoms with Crippen LogP contribution in [0.25, 0.3) is 0 Å². The van der Waals surface area contributed by atoms with Crippen LogP contribution in [0.4, 0.5) is 0 Å². The monoisotopic (exact) mass is 274 g/mol. The molecule has 0 spiro atoms. The predicted octanol–water partition coefficient (Wildman–Crippen LogP) is 3.65. The van der Waals surface area contributed by atoms with Gasteiger partial charge in [-0.1, -0.05) is 71.8 Å². The molecular formula is C16H15ClO2. The van der Waals surface area contributed by atoms with Gasteiger partial charge in [0.1, 0.15) is 0 Å². The third-order valence-electron chi connectivity index (χ3n) is 3.09. The summed E-state index contributed by atoms with van der Waals surface area (Å²) in [6, 6.07) is 16.8. The zero-order valence-corrected chi connectivity index (χ0v) is 11.6. The van der Waals surface area contributed by atoms with Crippen molar-refractivity contribution in [3.8, 4) is 0 Å². The van der Waals surface area contributed by atoms with E-state index in [9.17, 15) is 4.79 Å². The molecule has 1 atom stereocenters. The maximum atomic E-state index is 12.2. The minimum absolute atomic E-state index is 0.482. The molecule has 0 saturated carbocycles. The average Bonchev–Trinajstić information content (AvgIpc) is 2.47. The molecule has 0 amide bonds. The minimum Gasteiger partial charge on any atom is -0.467 e. The van der Waals surface area contributed by atoms with E-state index in [4.69, 9.17) is 16.3 Å². The molecule has 2 aromatic carbocycles. The predicted molar refractivity (Wildman–Crippen MR) is 76.3 cm³/mol. The van der Waals surface area contributed by atoms with Crippen LogP contribution in [0.3, 0.4) is 0 Å². The number of halogens is 1. The van der Waals surface area contributed by atoms with Crippen LogP contribution in [0.5, 0.6) is 0 Å². The van der Waals surface area contributed by atoms with E-state index >= 15 is 0 Å². The second-order valence-corrected chi connectivity index (χ2v) is 4.95. The fraction of sp³-hybridized carbons (Fsp3) is 0.188. The Morgan fingerprint density at radius 1 is 1.00 bits per heavy atom. The molecule has 0 bridgehead atoms. The second kappa shape index (κ2) is 5.45. The topological polar surface area (TPSA) is 26.3 Å². The maximum Gasteiger partial charge on any atom is 0.336 e. The third-order valence-corrected chi connectivity index (χ3v) is 3.68. The van der Waals surface area contributed by atoms with Crippen molar-refractivity contribution < 1.29 is 9.53 Å². The zero-order valence-electron chi connectivity index (χ0n) is 10.9. The number of benzene rings is 2. The second-order valence-electron chi connectivity index (χ2n) is 4.38. The summed E-state index contributed by atoms with van der Waals surface area (Å²) in [6.07, 6.45) is 0.